The number of anilines is 1. The summed E-state index contributed by atoms with van der Waals surface area (Å²) in [6.07, 6.45) is 1.06. The van der Waals surface area contributed by atoms with Crippen molar-refractivity contribution in [3.8, 4) is 5.69 Å². The van der Waals surface area contributed by atoms with Crippen LogP contribution >= 0.6 is 0 Å². The fourth-order valence-electron chi connectivity index (χ4n) is 2.58. The molecule has 2 amide bonds. The Morgan fingerprint density at radius 3 is 2.69 bits per heavy atom. The summed E-state index contributed by atoms with van der Waals surface area (Å²) in [5.41, 5.74) is 1.58. The smallest absolute Gasteiger partial charge is 0.319 e. The Balaban J connectivity index is 1.83. The van der Waals surface area contributed by atoms with Crippen LogP contribution in [0.15, 0.2) is 48.7 Å². The maximum Gasteiger partial charge on any atom is 0.319 e. The van der Waals surface area contributed by atoms with Gasteiger partial charge in [-0.3, -0.25) is 0 Å². The number of nitrogens with one attached hydrogen (secondary N) is 2. The Bertz CT molecular complexity index is 908. The van der Waals surface area contributed by atoms with Gasteiger partial charge in [0.05, 0.1) is 23.9 Å². The summed E-state index contributed by atoms with van der Waals surface area (Å²) in [5.74, 6) is -0.376. The number of halogens is 1. The van der Waals surface area contributed by atoms with Crippen LogP contribution in [0.1, 0.15) is 0 Å². The molecular weight excluding hydrogens is 339 g/mol. The number of rotatable bonds is 6. The molecule has 0 radical (unpaired) electrons. The molecule has 0 bridgehead atoms. The van der Waals surface area contributed by atoms with Crippen molar-refractivity contribution < 1.29 is 18.7 Å². The lowest BCUT2D eigenvalue weighted by atomic mass is 10.2. The summed E-state index contributed by atoms with van der Waals surface area (Å²) in [7, 11) is 2.98. The number of hydrogen-bond acceptors (Lipinski definition) is 4. The first-order valence-electron chi connectivity index (χ1n) is 7.96. The number of urea groups is 1. The van der Waals surface area contributed by atoms with Crippen LogP contribution in [0.5, 0.6) is 0 Å². The molecule has 0 saturated heterocycles. The third kappa shape index (κ3) is 3.66. The van der Waals surface area contributed by atoms with E-state index in [9.17, 15) is 9.18 Å². The molecule has 0 fully saturated rings. The molecule has 0 unspecified atom stereocenters. The average molecular weight is 358 g/mol. The van der Waals surface area contributed by atoms with Crippen LogP contribution in [-0.2, 0) is 9.47 Å². The fourth-order valence-corrected chi connectivity index (χ4v) is 2.58. The van der Waals surface area contributed by atoms with Crippen LogP contribution < -0.4 is 10.6 Å². The normalized spacial score (nSPS) is 11.1. The first-order chi connectivity index (χ1) is 12.6. The summed E-state index contributed by atoms with van der Waals surface area (Å²) in [4.78, 5) is 12.1. The molecule has 0 aliphatic carbocycles. The van der Waals surface area contributed by atoms with E-state index >= 15 is 0 Å². The summed E-state index contributed by atoms with van der Waals surface area (Å²) in [6.45, 7) is 0.198. The van der Waals surface area contributed by atoms with Crippen LogP contribution in [0.25, 0.3) is 16.6 Å². The van der Waals surface area contributed by atoms with Crippen LogP contribution in [-0.4, -0.2) is 42.9 Å². The molecule has 3 aromatic rings. The van der Waals surface area contributed by atoms with E-state index in [1.54, 1.807) is 36.5 Å². The van der Waals surface area contributed by atoms with Gasteiger partial charge in [-0.15, -0.1) is 0 Å². The highest BCUT2D eigenvalue weighted by Gasteiger charge is 2.13. The van der Waals surface area contributed by atoms with Gasteiger partial charge in [-0.05, 0) is 24.3 Å². The number of carbonyl (C=O) groups excluding carboxylic acids is 1. The molecule has 7 nitrogen and oxygen atoms in total. The van der Waals surface area contributed by atoms with Gasteiger partial charge in [0.1, 0.15) is 11.5 Å². The SMILES string of the molecule is COC(CNC(=O)Nc1cccc2c1cnn2-c1ccccc1F)OC. The second-order valence-corrected chi connectivity index (χ2v) is 5.48. The Labute approximate surface area is 149 Å². The number of fused-ring (bicyclic) bond motifs is 1. The molecule has 1 aromatic heterocycles. The minimum absolute atomic E-state index is 0.198. The van der Waals surface area contributed by atoms with Gasteiger partial charge < -0.3 is 20.1 Å². The standard InChI is InChI=1S/C18H19FN4O3/c1-25-17(26-2)11-20-18(24)22-14-7-5-9-15-12(14)10-21-23(15)16-8-4-3-6-13(16)19/h3-10,17H,11H2,1-2H3,(H2,20,22,24). The van der Waals surface area contributed by atoms with E-state index < -0.39 is 12.3 Å². The molecule has 0 aliphatic rings. The molecule has 0 aliphatic heterocycles. The molecule has 2 aromatic carbocycles. The zero-order valence-electron chi connectivity index (χ0n) is 14.4. The van der Waals surface area contributed by atoms with Crippen LogP contribution in [0, 0.1) is 5.82 Å². The van der Waals surface area contributed by atoms with Crippen molar-refractivity contribution >= 4 is 22.6 Å². The number of aromatic nitrogens is 2. The van der Waals surface area contributed by atoms with Crippen LogP contribution in [0.2, 0.25) is 0 Å². The molecule has 136 valence electrons. The molecule has 0 saturated carbocycles. The minimum atomic E-state index is -0.527. The number of hydrogen-bond donors (Lipinski definition) is 2. The summed E-state index contributed by atoms with van der Waals surface area (Å²) in [5, 5.41) is 10.4. The molecule has 1 heterocycles. The zero-order chi connectivity index (χ0) is 18.5. The number of ether oxygens (including phenoxy) is 2. The number of benzene rings is 2. The van der Waals surface area contributed by atoms with Gasteiger partial charge in [0.25, 0.3) is 0 Å². The molecule has 0 spiro atoms. The summed E-state index contributed by atoms with van der Waals surface area (Å²) < 4.78 is 25.6. The third-order valence-electron chi connectivity index (χ3n) is 3.90. The lowest BCUT2D eigenvalue weighted by molar-refractivity contribution is -0.0970. The van der Waals surface area contributed by atoms with Crippen molar-refractivity contribution in [1.82, 2.24) is 15.1 Å². The van der Waals surface area contributed by atoms with Crippen molar-refractivity contribution in [2.75, 3.05) is 26.1 Å². The second kappa shape index (κ2) is 7.94. The average Bonchev–Trinajstić information content (AvgIpc) is 3.08. The number of carbonyl (C=O) groups is 1. The highest BCUT2D eigenvalue weighted by Crippen LogP contribution is 2.26. The van der Waals surface area contributed by atoms with Gasteiger partial charge in [0, 0.05) is 19.6 Å². The molecule has 0 atom stereocenters. The van der Waals surface area contributed by atoms with Crippen LogP contribution in [0.4, 0.5) is 14.9 Å². The molecular formula is C18H19FN4O3. The van der Waals surface area contributed by atoms with Crippen molar-refractivity contribution in [1.29, 1.82) is 0 Å². The van der Waals surface area contributed by atoms with E-state index in [0.29, 0.717) is 22.3 Å². The second-order valence-electron chi connectivity index (χ2n) is 5.48. The zero-order valence-corrected chi connectivity index (χ0v) is 14.4. The van der Waals surface area contributed by atoms with E-state index in [4.69, 9.17) is 9.47 Å². The topological polar surface area (TPSA) is 77.4 Å². The summed E-state index contributed by atoms with van der Waals surface area (Å²) in [6, 6.07) is 11.3. The Morgan fingerprint density at radius 2 is 1.96 bits per heavy atom. The minimum Gasteiger partial charge on any atom is -0.354 e. The van der Waals surface area contributed by atoms with E-state index in [0.717, 1.165) is 0 Å². The van der Waals surface area contributed by atoms with Gasteiger partial charge in [0.2, 0.25) is 0 Å². The lowest BCUT2D eigenvalue weighted by Gasteiger charge is -2.14. The molecule has 2 N–H and O–H groups in total. The maximum atomic E-state index is 14.1. The van der Waals surface area contributed by atoms with Crippen LogP contribution in [0.3, 0.4) is 0 Å². The van der Waals surface area contributed by atoms with Crippen molar-refractivity contribution in [2.24, 2.45) is 0 Å². The van der Waals surface area contributed by atoms with E-state index in [1.807, 2.05) is 6.07 Å². The Kier molecular flexibility index (Phi) is 5.45. The van der Waals surface area contributed by atoms with E-state index in [1.165, 1.54) is 25.0 Å². The fraction of sp³-hybridized carbons (Fsp3) is 0.222. The number of para-hydroxylation sites is 1. The van der Waals surface area contributed by atoms with Crippen molar-refractivity contribution in [2.45, 2.75) is 6.29 Å². The number of amides is 2. The highest BCUT2D eigenvalue weighted by molar-refractivity contribution is 6.00. The van der Waals surface area contributed by atoms with Gasteiger partial charge in [0.15, 0.2) is 6.29 Å². The molecule has 8 heteroatoms. The summed E-state index contributed by atoms with van der Waals surface area (Å²) >= 11 is 0. The largest absolute Gasteiger partial charge is 0.354 e. The Hall–Kier alpha value is -2.97. The first-order valence-corrected chi connectivity index (χ1v) is 7.96. The van der Waals surface area contributed by atoms with Gasteiger partial charge in [-0.25, -0.2) is 13.9 Å². The lowest BCUT2D eigenvalue weighted by Crippen LogP contribution is -2.36. The van der Waals surface area contributed by atoms with E-state index in [-0.39, 0.29) is 12.4 Å². The maximum absolute atomic E-state index is 14.1. The first kappa shape index (κ1) is 17.8. The quantitative estimate of drug-likeness (QED) is 0.664. The predicted molar refractivity (Wildman–Crippen MR) is 95.9 cm³/mol. The van der Waals surface area contributed by atoms with Gasteiger partial charge >= 0.3 is 6.03 Å². The van der Waals surface area contributed by atoms with Crippen molar-refractivity contribution in [3.05, 3.63) is 54.5 Å². The van der Waals surface area contributed by atoms with Gasteiger partial charge in [-0.1, -0.05) is 18.2 Å². The number of methoxy groups -OCH3 is 2. The van der Waals surface area contributed by atoms with Crippen molar-refractivity contribution in [3.63, 3.8) is 0 Å². The molecule has 3 rings (SSSR count). The van der Waals surface area contributed by atoms with E-state index in [2.05, 4.69) is 15.7 Å². The van der Waals surface area contributed by atoms with Gasteiger partial charge in [-0.2, -0.15) is 5.10 Å². The monoisotopic (exact) mass is 358 g/mol. The highest BCUT2D eigenvalue weighted by atomic mass is 19.1. The Morgan fingerprint density at radius 1 is 1.19 bits per heavy atom. The number of nitrogens with zero attached hydrogens (tertiary/aromatic N) is 2. The third-order valence-corrected chi connectivity index (χ3v) is 3.90. The molecule has 26 heavy (non-hydrogen) atoms. The predicted octanol–water partition coefficient (Wildman–Crippen LogP) is 2.91.